The topological polar surface area (TPSA) is 66.4 Å². The lowest BCUT2D eigenvalue weighted by molar-refractivity contribution is -0.141. The Balaban J connectivity index is 2.47. The van der Waals surface area contributed by atoms with Gasteiger partial charge in [0.2, 0.25) is 5.91 Å². The highest BCUT2D eigenvalue weighted by atomic mass is 32.1. The third-order valence-electron chi connectivity index (χ3n) is 2.13. The van der Waals surface area contributed by atoms with Crippen LogP contribution in [0.5, 0.6) is 0 Å². The van der Waals surface area contributed by atoms with Gasteiger partial charge in [-0.15, -0.1) is 23.7 Å². The van der Waals surface area contributed by atoms with Crippen LogP contribution in [0, 0.1) is 12.3 Å². The van der Waals surface area contributed by atoms with Crippen molar-refractivity contribution in [1.82, 2.24) is 5.32 Å². The number of carboxylic acid groups (broad SMARTS) is 1. The molecular formula is C12H13NO3S. The number of rotatable bonds is 6. The molecule has 2 N–H and O–H groups in total. The van der Waals surface area contributed by atoms with Crippen LogP contribution in [-0.2, 0) is 16.0 Å². The Bertz CT molecular complexity index is 419. The summed E-state index contributed by atoms with van der Waals surface area (Å²) >= 11 is 1.46. The Labute approximate surface area is 104 Å². The van der Waals surface area contributed by atoms with Gasteiger partial charge < -0.3 is 10.4 Å². The Morgan fingerprint density at radius 3 is 2.88 bits per heavy atom. The number of nitrogens with one attached hydrogen (secondary N) is 1. The molecule has 0 radical (unpaired) electrons. The number of amides is 1. The third kappa shape index (κ3) is 4.70. The van der Waals surface area contributed by atoms with Gasteiger partial charge >= 0.3 is 5.97 Å². The molecule has 1 aromatic heterocycles. The van der Waals surface area contributed by atoms with Crippen LogP contribution in [0.1, 0.15) is 17.7 Å². The third-order valence-corrected chi connectivity index (χ3v) is 3.00. The first-order valence-electron chi connectivity index (χ1n) is 5.11. The molecule has 1 amide bonds. The van der Waals surface area contributed by atoms with Crippen LogP contribution in [0.15, 0.2) is 17.5 Å². The molecule has 0 saturated heterocycles. The van der Waals surface area contributed by atoms with E-state index < -0.39 is 12.0 Å². The van der Waals surface area contributed by atoms with E-state index in [0.29, 0.717) is 6.42 Å². The van der Waals surface area contributed by atoms with Gasteiger partial charge in [0.15, 0.2) is 0 Å². The highest BCUT2D eigenvalue weighted by Gasteiger charge is 2.19. The molecule has 0 unspecified atom stereocenters. The fourth-order valence-corrected chi connectivity index (χ4v) is 2.01. The second-order valence-electron chi connectivity index (χ2n) is 3.46. The van der Waals surface area contributed by atoms with Crippen molar-refractivity contribution in [3.8, 4) is 12.3 Å². The van der Waals surface area contributed by atoms with Crippen molar-refractivity contribution in [3.05, 3.63) is 22.4 Å². The van der Waals surface area contributed by atoms with Crippen LogP contribution in [0.2, 0.25) is 0 Å². The standard InChI is InChI=1S/C12H13NO3S/c1-2-3-6-10(12(15)16)13-11(14)8-9-5-4-7-17-9/h1,4-5,7,10H,3,6,8H2,(H,13,14)(H,15,16)/t10-/m0/s1. The van der Waals surface area contributed by atoms with E-state index >= 15 is 0 Å². The summed E-state index contributed by atoms with van der Waals surface area (Å²) in [6.07, 6.45) is 5.85. The molecule has 5 heteroatoms. The van der Waals surface area contributed by atoms with Gasteiger partial charge in [-0.25, -0.2) is 4.79 Å². The van der Waals surface area contributed by atoms with Gasteiger partial charge in [-0.1, -0.05) is 6.07 Å². The van der Waals surface area contributed by atoms with Gasteiger partial charge in [0, 0.05) is 11.3 Å². The zero-order valence-electron chi connectivity index (χ0n) is 9.18. The smallest absolute Gasteiger partial charge is 0.326 e. The van der Waals surface area contributed by atoms with Crippen molar-refractivity contribution in [2.75, 3.05) is 0 Å². The van der Waals surface area contributed by atoms with Crippen molar-refractivity contribution < 1.29 is 14.7 Å². The van der Waals surface area contributed by atoms with E-state index in [-0.39, 0.29) is 18.7 Å². The van der Waals surface area contributed by atoms with Crippen LogP contribution in [0.4, 0.5) is 0 Å². The predicted molar refractivity (Wildman–Crippen MR) is 65.7 cm³/mol. The van der Waals surface area contributed by atoms with E-state index in [1.54, 1.807) is 0 Å². The van der Waals surface area contributed by atoms with Crippen LogP contribution in [-0.4, -0.2) is 23.0 Å². The van der Waals surface area contributed by atoms with E-state index in [1.165, 1.54) is 11.3 Å². The summed E-state index contributed by atoms with van der Waals surface area (Å²) < 4.78 is 0. The molecule has 0 spiro atoms. The summed E-state index contributed by atoms with van der Waals surface area (Å²) in [6.45, 7) is 0. The number of hydrogen-bond acceptors (Lipinski definition) is 3. The number of aliphatic carboxylic acids is 1. The first-order chi connectivity index (χ1) is 8.13. The van der Waals surface area contributed by atoms with Crippen molar-refractivity contribution in [2.24, 2.45) is 0 Å². The van der Waals surface area contributed by atoms with Crippen molar-refractivity contribution in [1.29, 1.82) is 0 Å². The monoisotopic (exact) mass is 251 g/mol. The number of hydrogen-bond donors (Lipinski definition) is 2. The summed E-state index contributed by atoms with van der Waals surface area (Å²) in [7, 11) is 0. The molecule has 0 fully saturated rings. The predicted octanol–water partition coefficient (Wildman–Crippen LogP) is 1.27. The molecule has 1 heterocycles. The van der Waals surface area contributed by atoms with Gasteiger partial charge in [-0.2, -0.15) is 0 Å². The molecular weight excluding hydrogens is 238 g/mol. The van der Waals surface area contributed by atoms with Gasteiger partial charge in [0.25, 0.3) is 0 Å². The zero-order valence-corrected chi connectivity index (χ0v) is 10.00. The number of carbonyl (C=O) groups excluding carboxylic acids is 1. The summed E-state index contributed by atoms with van der Waals surface area (Å²) in [4.78, 5) is 23.3. The van der Waals surface area contributed by atoms with Crippen molar-refractivity contribution in [2.45, 2.75) is 25.3 Å². The molecule has 0 saturated carbocycles. The quantitative estimate of drug-likeness (QED) is 0.748. The highest BCUT2D eigenvalue weighted by Crippen LogP contribution is 2.09. The molecule has 0 aliphatic heterocycles. The normalized spacial score (nSPS) is 11.5. The Morgan fingerprint density at radius 1 is 1.59 bits per heavy atom. The molecule has 1 rings (SSSR count). The molecule has 1 aromatic rings. The first-order valence-corrected chi connectivity index (χ1v) is 5.99. The minimum Gasteiger partial charge on any atom is -0.480 e. The second-order valence-corrected chi connectivity index (χ2v) is 4.49. The average Bonchev–Trinajstić information content (AvgIpc) is 2.76. The average molecular weight is 251 g/mol. The van der Waals surface area contributed by atoms with Gasteiger partial charge in [0.1, 0.15) is 6.04 Å². The lowest BCUT2D eigenvalue weighted by Gasteiger charge is -2.12. The molecule has 1 atom stereocenters. The molecule has 17 heavy (non-hydrogen) atoms. The molecule has 90 valence electrons. The fourth-order valence-electron chi connectivity index (χ4n) is 1.30. The van der Waals surface area contributed by atoms with E-state index in [0.717, 1.165) is 4.88 Å². The number of thiophene rings is 1. The highest BCUT2D eigenvalue weighted by molar-refractivity contribution is 7.10. The number of carbonyl (C=O) groups is 2. The summed E-state index contributed by atoms with van der Waals surface area (Å²) in [6, 6.07) is 2.78. The van der Waals surface area contributed by atoms with E-state index in [1.807, 2.05) is 17.5 Å². The largest absolute Gasteiger partial charge is 0.480 e. The second kappa shape index (κ2) is 6.71. The zero-order chi connectivity index (χ0) is 12.7. The maximum absolute atomic E-state index is 11.6. The molecule has 0 aromatic carbocycles. The van der Waals surface area contributed by atoms with Crippen molar-refractivity contribution in [3.63, 3.8) is 0 Å². The fraction of sp³-hybridized carbons (Fsp3) is 0.333. The Morgan fingerprint density at radius 2 is 2.35 bits per heavy atom. The number of carboxylic acids is 1. The summed E-state index contributed by atoms with van der Waals surface area (Å²) in [5.74, 6) is 1.01. The Kier molecular flexibility index (Phi) is 5.24. The minimum atomic E-state index is -1.06. The molecule has 4 nitrogen and oxygen atoms in total. The lowest BCUT2D eigenvalue weighted by atomic mass is 10.1. The van der Waals surface area contributed by atoms with Gasteiger partial charge in [0.05, 0.1) is 6.42 Å². The van der Waals surface area contributed by atoms with Crippen molar-refractivity contribution >= 4 is 23.2 Å². The Hall–Kier alpha value is -1.80. The van der Waals surface area contributed by atoms with E-state index in [9.17, 15) is 9.59 Å². The maximum Gasteiger partial charge on any atom is 0.326 e. The van der Waals surface area contributed by atoms with E-state index in [2.05, 4.69) is 11.2 Å². The molecule has 0 bridgehead atoms. The first kappa shape index (κ1) is 13.3. The maximum atomic E-state index is 11.6. The number of terminal acetylenes is 1. The minimum absolute atomic E-state index is 0.206. The van der Waals surface area contributed by atoms with Crippen LogP contribution >= 0.6 is 11.3 Å². The summed E-state index contributed by atoms with van der Waals surface area (Å²) in [5, 5.41) is 13.2. The molecule has 0 aliphatic carbocycles. The van der Waals surface area contributed by atoms with Gasteiger partial charge in [-0.3, -0.25) is 4.79 Å². The SMILES string of the molecule is C#CCC[C@H](NC(=O)Cc1cccs1)C(=O)O. The van der Waals surface area contributed by atoms with E-state index in [4.69, 9.17) is 11.5 Å². The lowest BCUT2D eigenvalue weighted by Crippen LogP contribution is -2.41. The van der Waals surface area contributed by atoms with Crippen LogP contribution < -0.4 is 5.32 Å². The van der Waals surface area contributed by atoms with Gasteiger partial charge in [-0.05, 0) is 17.9 Å². The molecule has 0 aliphatic rings. The van der Waals surface area contributed by atoms with Crippen LogP contribution in [0.3, 0.4) is 0 Å². The van der Waals surface area contributed by atoms with Crippen LogP contribution in [0.25, 0.3) is 0 Å². The summed E-state index contributed by atoms with van der Waals surface area (Å²) in [5.41, 5.74) is 0.